The molecule has 7 nitrogen and oxygen atoms in total. The van der Waals surface area contributed by atoms with Crippen molar-refractivity contribution in [3.63, 3.8) is 0 Å². The first kappa shape index (κ1) is 21.3. The van der Waals surface area contributed by atoms with Crippen LogP contribution in [0.15, 0.2) is 11.6 Å². The van der Waals surface area contributed by atoms with E-state index in [9.17, 15) is 23.4 Å². The van der Waals surface area contributed by atoms with Gasteiger partial charge in [-0.2, -0.15) is 8.42 Å². The van der Waals surface area contributed by atoms with Crippen LogP contribution in [-0.2, 0) is 23.6 Å². The van der Waals surface area contributed by atoms with Gasteiger partial charge in [0.25, 0.3) is 0 Å². The average molecular weight is 429 g/mol. The Bertz CT molecular complexity index is 821. The molecule has 3 unspecified atom stereocenters. The van der Waals surface area contributed by atoms with Crippen molar-refractivity contribution in [2.75, 3.05) is 7.11 Å². The van der Waals surface area contributed by atoms with Gasteiger partial charge in [0, 0.05) is 5.41 Å². The molecule has 164 valence electrons. The molecule has 0 aliphatic heterocycles. The van der Waals surface area contributed by atoms with Crippen LogP contribution < -0.4 is 0 Å². The number of carbonyl (C=O) groups is 1. The van der Waals surface area contributed by atoms with Gasteiger partial charge in [0.1, 0.15) is 12.0 Å². The molecule has 4 aliphatic carbocycles. The van der Waals surface area contributed by atoms with Crippen molar-refractivity contribution in [2.24, 2.45) is 34.5 Å². The molecule has 29 heavy (non-hydrogen) atoms. The fourth-order valence-corrected chi connectivity index (χ4v) is 7.99. The molecule has 0 bridgehead atoms. The van der Waals surface area contributed by atoms with Gasteiger partial charge in [-0.15, -0.1) is 0 Å². The zero-order chi connectivity index (χ0) is 21.2. The van der Waals surface area contributed by atoms with Crippen molar-refractivity contribution >= 4 is 16.4 Å². The highest BCUT2D eigenvalue weighted by molar-refractivity contribution is 7.81. The Morgan fingerprint density at radius 3 is 2.59 bits per heavy atom. The summed E-state index contributed by atoms with van der Waals surface area (Å²) in [5, 5.41) is 20.4. The molecule has 0 aromatic heterocycles. The molecule has 2 N–H and O–H groups in total. The van der Waals surface area contributed by atoms with Crippen LogP contribution in [0.4, 0.5) is 0 Å². The minimum atomic E-state index is -4.37. The number of fused-ring (bicyclic) bond motifs is 5. The lowest BCUT2D eigenvalue weighted by molar-refractivity contribution is -0.166. The van der Waals surface area contributed by atoms with Crippen LogP contribution in [0.25, 0.3) is 0 Å². The summed E-state index contributed by atoms with van der Waals surface area (Å²) >= 11 is 0. The molecule has 3 saturated carbocycles. The standard InChI is InChI=1S/C21H32O7S/c1-20-9-4-5-14(20)13-7-6-12-11-16(22)17(19(23)24)18(28-29(25,26)27-3)21(12,2)15(13)8-10-20/h6,13-18,22H,4-5,7-11H2,1-3H3,(H,23,24)/t13-,14-,15+,16?,17?,18?,20-,21-/m0/s1. The topological polar surface area (TPSA) is 110 Å². The monoisotopic (exact) mass is 428 g/mol. The Labute approximate surface area is 172 Å². The van der Waals surface area contributed by atoms with Crippen molar-refractivity contribution in [3.8, 4) is 0 Å². The van der Waals surface area contributed by atoms with E-state index in [1.807, 2.05) is 6.92 Å². The Morgan fingerprint density at radius 2 is 1.93 bits per heavy atom. The van der Waals surface area contributed by atoms with Gasteiger partial charge in [0.15, 0.2) is 0 Å². The van der Waals surface area contributed by atoms with Gasteiger partial charge in [0.2, 0.25) is 0 Å². The third-order valence-electron chi connectivity index (χ3n) is 8.79. The predicted octanol–water partition coefficient (Wildman–Crippen LogP) is 2.90. The number of carboxylic acids is 1. The Hall–Kier alpha value is -0.960. The highest BCUT2D eigenvalue weighted by atomic mass is 32.3. The van der Waals surface area contributed by atoms with Gasteiger partial charge < -0.3 is 10.2 Å². The van der Waals surface area contributed by atoms with Gasteiger partial charge in [-0.05, 0) is 61.7 Å². The molecule has 0 amide bonds. The van der Waals surface area contributed by atoms with Crippen LogP contribution in [0.2, 0.25) is 0 Å². The quantitative estimate of drug-likeness (QED) is 0.663. The molecule has 0 aromatic rings. The summed E-state index contributed by atoms with van der Waals surface area (Å²) in [4.78, 5) is 12.1. The van der Waals surface area contributed by atoms with E-state index in [1.54, 1.807) is 0 Å². The Balaban J connectivity index is 1.80. The van der Waals surface area contributed by atoms with E-state index in [0.29, 0.717) is 17.3 Å². The van der Waals surface area contributed by atoms with Crippen LogP contribution >= 0.6 is 0 Å². The lowest BCUT2D eigenvalue weighted by Gasteiger charge is -2.59. The van der Waals surface area contributed by atoms with Crippen LogP contribution in [0, 0.1) is 34.5 Å². The fourth-order valence-electron chi connectivity index (χ4n) is 7.33. The Morgan fingerprint density at radius 1 is 1.21 bits per heavy atom. The highest BCUT2D eigenvalue weighted by Crippen LogP contribution is 2.65. The number of aliphatic hydroxyl groups is 1. The van der Waals surface area contributed by atoms with E-state index in [1.165, 1.54) is 19.3 Å². The van der Waals surface area contributed by atoms with Crippen molar-refractivity contribution in [1.82, 2.24) is 0 Å². The second kappa shape index (κ2) is 7.04. The summed E-state index contributed by atoms with van der Waals surface area (Å²) in [6.45, 7) is 4.32. The molecule has 0 radical (unpaired) electrons. The van der Waals surface area contributed by atoms with Crippen molar-refractivity contribution in [3.05, 3.63) is 11.6 Å². The largest absolute Gasteiger partial charge is 0.481 e. The van der Waals surface area contributed by atoms with Gasteiger partial charge >= 0.3 is 16.4 Å². The van der Waals surface area contributed by atoms with E-state index in [2.05, 4.69) is 17.2 Å². The number of rotatable bonds is 4. The number of carboxylic acid groups (broad SMARTS) is 1. The number of aliphatic carboxylic acids is 1. The highest BCUT2D eigenvalue weighted by Gasteiger charge is 2.63. The molecule has 0 heterocycles. The van der Waals surface area contributed by atoms with Crippen molar-refractivity contribution < 1.29 is 31.8 Å². The summed E-state index contributed by atoms with van der Waals surface area (Å²) in [5.74, 6) is -1.49. The van der Waals surface area contributed by atoms with E-state index in [0.717, 1.165) is 31.9 Å². The molecular weight excluding hydrogens is 396 g/mol. The smallest absolute Gasteiger partial charge is 0.399 e. The Kier molecular flexibility index (Phi) is 5.16. The van der Waals surface area contributed by atoms with Gasteiger partial charge in [-0.3, -0.25) is 8.98 Å². The SMILES string of the molecule is COS(=O)(=O)OC1C(C(=O)O)C(O)CC2=CC[C@@H]3[C@@H](CC[C@]4(C)CCC[C@@H]34)[C@]21C. The molecule has 4 rings (SSSR count). The van der Waals surface area contributed by atoms with E-state index >= 15 is 0 Å². The first-order valence-electron chi connectivity index (χ1n) is 10.6. The van der Waals surface area contributed by atoms with Gasteiger partial charge in [0.05, 0.1) is 13.2 Å². The van der Waals surface area contributed by atoms with Gasteiger partial charge in [-0.25, -0.2) is 4.18 Å². The third kappa shape index (κ3) is 3.18. The lowest BCUT2D eigenvalue weighted by Crippen LogP contribution is -2.61. The van der Waals surface area contributed by atoms with E-state index in [-0.39, 0.29) is 12.3 Å². The van der Waals surface area contributed by atoms with Gasteiger partial charge in [-0.1, -0.05) is 31.9 Å². The maximum absolute atomic E-state index is 12.2. The van der Waals surface area contributed by atoms with Crippen LogP contribution in [0.5, 0.6) is 0 Å². The average Bonchev–Trinajstić information content (AvgIpc) is 3.04. The predicted molar refractivity (Wildman–Crippen MR) is 105 cm³/mol. The van der Waals surface area contributed by atoms with Crippen LogP contribution in [0.3, 0.4) is 0 Å². The number of hydrogen-bond donors (Lipinski definition) is 2. The molecule has 0 saturated heterocycles. The second-order valence-electron chi connectivity index (χ2n) is 9.94. The first-order valence-corrected chi connectivity index (χ1v) is 12.0. The minimum absolute atomic E-state index is 0.130. The zero-order valence-electron chi connectivity index (χ0n) is 17.3. The number of allylic oxidation sites excluding steroid dienone is 1. The van der Waals surface area contributed by atoms with Crippen LogP contribution in [-0.4, -0.2) is 43.9 Å². The minimum Gasteiger partial charge on any atom is -0.481 e. The summed E-state index contributed by atoms with van der Waals surface area (Å²) < 4.78 is 34.3. The van der Waals surface area contributed by atoms with E-state index < -0.39 is 39.9 Å². The second-order valence-corrected chi connectivity index (χ2v) is 11.3. The summed E-state index contributed by atoms with van der Waals surface area (Å²) in [6.07, 6.45) is 6.47. The van der Waals surface area contributed by atoms with Crippen LogP contribution in [0.1, 0.15) is 58.8 Å². The molecule has 0 aromatic carbocycles. The third-order valence-corrected chi connectivity index (χ3v) is 9.64. The lowest BCUT2D eigenvalue weighted by atomic mass is 9.46. The zero-order valence-corrected chi connectivity index (χ0v) is 18.2. The molecule has 8 heteroatoms. The fraction of sp³-hybridized carbons (Fsp3) is 0.857. The maximum Gasteiger partial charge on any atom is 0.399 e. The van der Waals surface area contributed by atoms with Crippen molar-refractivity contribution in [2.45, 2.75) is 71.0 Å². The van der Waals surface area contributed by atoms with E-state index in [4.69, 9.17) is 4.18 Å². The number of hydrogen-bond acceptors (Lipinski definition) is 6. The molecule has 3 fully saturated rings. The van der Waals surface area contributed by atoms with Crippen molar-refractivity contribution in [1.29, 1.82) is 0 Å². The first-order chi connectivity index (χ1) is 13.5. The molecule has 8 atom stereocenters. The molecule has 4 aliphatic rings. The summed E-state index contributed by atoms with van der Waals surface area (Å²) in [7, 11) is -3.37. The normalized spacial score (nSPS) is 47.0. The maximum atomic E-state index is 12.2. The number of aliphatic hydroxyl groups excluding tert-OH is 1. The summed E-state index contributed by atoms with van der Waals surface area (Å²) in [5.41, 5.74) is 0.487. The molecular formula is C21H32O7S. The molecule has 0 spiro atoms. The summed E-state index contributed by atoms with van der Waals surface area (Å²) in [6, 6.07) is 0.